The maximum absolute atomic E-state index is 14.1. The van der Waals surface area contributed by atoms with Crippen molar-refractivity contribution in [3.63, 3.8) is 0 Å². The topological polar surface area (TPSA) is 111 Å². The number of nitrogens with zero attached hydrogens (tertiary/aromatic N) is 2. The average molecular weight is 594 g/mol. The van der Waals surface area contributed by atoms with Crippen molar-refractivity contribution in [1.82, 2.24) is 10.2 Å². The fourth-order valence-corrected chi connectivity index (χ4v) is 7.51. The number of nitrogens with one attached hydrogen (secondary N) is 2. The lowest BCUT2D eigenvalue weighted by Crippen LogP contribution is -2.57. The molecule has 3 unspecified atom stereocenters. The first-order valence-electron chi connectivity index (χ1n) is 13.8. The van der Waals surface area contributed by atoms with Crippen molar-refractivity contribution >= 4 is 45.0 Å². The summed E-state index contributed by atoms with van der Waals surface area (Å²) in [6.45, 7) is 12.0. The second-order valence-electron chi connectivity index (χ2n) is 10.9. The van der Waals surface area contributed by atoms with Crippen LogP contribution in [0.4, 0.5) is 11.4 Å². The number of amides is 3. The molecule has 1 spiro atoms. The summed E-state index contributed by atoms with van der Waals surface area (Å²) >= 11 is 3.68. The Balaban J connectivity index is 1.70. The van der Waals surface area contributed by atoms with Gasteiger partial charge in [0.1, 0.15) is 11.6 Å². The van der Waals surface area contributed by atoms with E-state index >= 15 is 0 Å². The third kappa shape index (κ3) is 4.73. The minimum Gasteiger partial charge on any atom is -0.394 e. The Morgan fingerprint density at radius 3 is 2.39 bits per heavy atom. The zero-order valence-corrected chi connectivity index (χ0v) is 24.5. The summed E-state index contributed by atoms with van der Waals surface area (Å²) < 4.78 is 6.52. The van der Waals surface area contributed by atoms with Gasteiger partial charge in [0.05, 0.1) is 30.6 Å². The molecule has 3 aliphatic heterocycles. The van der Waals surface area contributed by atoms with Crippen LogP contribution in [0.3, 0.4) is 0 Å². The first kappa shape index (κ1) is 28.8. The number of carbonyl (C=O) groups is 3. The maximum Gasteiger partial charge on any atom is 0.250 e. The Morgan fingerprint density at radius 2 is 1.84 bits per heavy atom. The summed E-state index contributed by atoms with van der Waals surface area (Å²) in [5, 5.41) is 16.2. The number of anilines is 2. The second kappa shape index (κ2) is 11.5. The molecule has 210 valence electrons. The van der Waals surface area contributed by atoms with Gasteiger partial charge in [-0.2, -0.15) is 0 Å². The first-order chi connectivity index (χ1) is 18.1. The highest BCUT2D eigenvalue weighted by Crippen LogP contribution is 2.60. The van der Waals surface area contributed by atoms with Crippen LogP contribution in [0.2, 0.25) is 0 Å². The van der Waals surface area contributed by atoms with E-state index in [1.54, 1.807) is 0 Å². The normalized spacial score (nSPS) is 30.5. The smallest absolute Gasteiger partial charge is 0.250 e. The van der Waals surface area contributed by atoms with E-state index in [0.717, 1.165) is 25.2 Å². The van der Waals surface area contributed by atoms with E-state index in [4.69, 9.17) is 4.74 Å². The zero-order valence-electron chi connectivity index (χ0n) is 22.9. The van der Waals surface area contributed by atoms with Crippen molar-refractivity contribution in [1.29, 1.82) is 0 Å². The summed E-state index contributed by atoms with van der Waals surface area (Å²) in [5.41, 5.74) is 0.520. The molecule has 1 aromatic carbocycles. The largest absolute Gasteiger partial charge is 0.394 e. The van der Waals surface area contributed by atoms with Gasteiger partial charge in [-0.15, -0.1) is 0 Å². The molecule has 3 amide bonds. The van der Waals surface area contributed by atoms with E-state index < -0.39 is 35.6 Å². The van der Waals surface area contributed by atoms with E-state index in [1.807, 2.05) is 45.0 Å². The molecule has 7 atom stereocenters. The second-order valence-corrected chi connectivity index (χ2v) is 12.1. The predicted octanol–water partition coefficient (Wildman–Crippen LogP) is 2.76. The molecular formula is C28H41BrN4O5. The third-order valence-electron chi connectivity index (χ3n) is 8.40. The van der Waals surface area contributed by atoms with E-state index in [9.17, 15) is 19.5 Å². The molecular weight excluding hydrogens is 552 g/mol. The zero-order chi connectivity index (χ0) is 27.8. The molecule has 9 nitrogen and oxygen atoms in total. The summed E-state index contributed by atoms with van der Waals surface area (Å²) in [7, 11) is 0. The molecule has 0 aromatic heterocycles. The number of fused-ring (bicyclic) bond motifs is 1. The summed E-state index contributed by atoms with van der Waals surface area (Å²) in [5.74, 6) is -2.48. The van der Waals surface area contributed by atoms with Crippen LogP contribution < -0.4 is 15.5 Å². The van der Waals surface area contributed by atoms with Gasteiger partial charge in [-0.25, -0.2) is 0 Å². The van der Waals surface area contributed by atoms with Crippen LogP contribution >= 0.6 is 15.9 Å². The van der Waals surface area contributed by atoms with E-state index in [2.05, 4.69) is 45.3 Å². The number of hydrogen-bond acceptors (Lipinski definition) is 6. The van der Waals surface area contributed by atoms with Gasteiger partial charge in [-0.3, -0.25) is 14.4 Å². The molecule has 3 heterocycles. The fourth-order valence-electron chi connectivity index (χ4n) is 6.57. The van der Waals surface area contributed by atoms with Crippen molar-refractivity contribution in [3.05, 3.63) is 24.3 Å². The molecule has 3 N–H and O–H groups in total. The Morgan fingerprint density at radius 1 is 1.18 bits per heavy atom. The SMILES string of the molecule is CCCNC(=O)[C@H]1[C@@H]2OC3(CC2Br)C(C(=O)Nc2ccc(N(CC)CC)cc2)N([C@@H](CO)C(C)C)C(=O)[C@H]13. The molecule has 3 fully saturated rings. The van der Waals surface area contributed by atoms with Crippen LogP contribution in [0.15, 0.2) is 24.3 Å². The Hall–Kier alpha value is -2.17. The Kier molecular flexibility index (Phi) is 8.74. The number of hydrogen-bond donors (Lipinski definition) is 3. The van der Waals surface area contributed by atoms with Gasteiger partial charge < -0.3 is 30.3 Å². The van der Waals surface area contributed by atoms with Gasteiger partial charge >= 0.3 is 0 Å². The minimum atomic E-state index is -1.16. The molecule has 0 aliphatic carbocycles. The number of aliphatic hydroxyl groups is 1. The number of aliphatic hydroxyl groups excluding tert-OH is 1. The maximum atomic E-state index is 14.1. The van der Waals surface area contributed by atoms with Crippen LogP contribution in [0.25, 0.3) is 0 Å². The average Bonchev–Trinajstić information content (AvgIpc) is 3.48. The number of rotatable bonds is 11. The van der Waals surface area contributed by atoms with Gasteiger partial charge in [-0.1, -0.05) is 36.7 Å². The molecule has 0 radical (unpaired) electrons. The van der Waals surface area contributed by atoms with Crippen molar-refractivity contribution in [2.24, 2.45) is 17.8 Å². The van der Waals surface area contributed by atoms with Crippen LogP contribution in [-0.4, -0.2) is 82.6 Å². The molecule has 3 aliphatic rings. The lowest BCUT2D eigenvalue weighted by molar-refractivity contribution is -0.145. The lowest BCUT2D eigenvalue weighted by Gasteiger charge is -2.38. The van der Waals surface area contributed by atoms with Gasteiger partial charge in [0.2, 0.25) is 17.7 Å². The Labute approximate surface area is 233 Å². The van der Waals surface area contributed by atoms with Gasteiger partial charge in [0.25, 0.3) is 0 Å². The van der Waals surface area contributed by atoms with Crippen LogP contribution in [-0.2, 0) is 19.1 Å². The molecule has 0 saturated carbocycles. The monoisotopic (exact) mass is 592 g/mol. The van der Waals surface area contributed by atoms with E-state index in [0.29, 0.717) is 18.7 Å². The molecule has 38 heavy (non-hydrogen) atoms. The van der Waals surface area contributed by atoms with E-state index in [-0.39, 0.29) is 35.1 Å². The van der Waals surface area contributed by atoms with Crippen molar-refractivity contribution in [2.45, 2.75) is 76.1 Å². The minimum absolute atomic E-state index is 0.104. The first-order valence-corrected chi connectivity index (χ1v) is 14.7. The predicted molar refractivity (Wildman–Crippen MR) is 150 cm³/mol. The lowest BCUT2D eigenvalue weighted by atomic mass is 9.70. The van der Waals surface area contributed by atoms with Gasteiger partial charge in [0, 0.05) is 35.8 Å². The Bertz CT molecular complexity index is 1030. The van der Waals surface area contributed by atoms with Crippen molar-refractivity contribution < 1.29 is 24.2 Å². The molecule has 2 bridgehead atoms. The number of ether oxygens (including phenoxy) is 1. The standard InChI is InChI=1S/C28H41BrN4O5/c1-6-13-30-25(35)21-22-27(37)33(20(15-34)16(4)5)24(28(22)14-19(29)23(21)38-28)26(36)31-17-9-11-18(12-10-17)32(7-2)8-3/h9-12,16,19-24,34H,6-8,13-15H2,1-5H3,(H,30,35)(H,31,36)/t19?,20-,21+,22-,23+,24?,28?/m0/s1. The fraction of sp³-hybridized carbons (Fsp3) is 0.679. The quantitative estimate of drug-likeness (QED) is 0.341. The summed E-state index contributed by atoms with van der Waals surface area (Å²) in [4.78, 5) is 44.9. The number of alkyl halides is 1. The number of halogens is 1. The summed E-state index contributed by atoms with van der Waals surface area (Å²) in [6, 6.07) is 6.08. The highest BCUT2D eigenvalue weighted by Gasteiger charge is 2.77. The van der Waals surface area contributed by atoms with E-state index in [1.165, 1.54) is 4.90 Å². The van der Waals surface area contributed by atoms with Crippen LogP contribution in [0.1, 0.15) is 47.5 Å². The van der Waals surface area contributed by atoms with Crippen LogP contribution in [0, 0.1) is 17.8 Å². The third-order valence-corrected chi connectivity index (χ3v) is 9.25. The number of likely N-dealkylation sites (tertiary alicyclic amines) is 1. The molecule has 10 heteroatoms. The van der Waals surface area contributed by atoms with Crippen LogP contribution in [0.5, 0.6) is 0 Å². The molecule has 3 saturated heterocycles. The highest BCUT2D eigenvalue weighted by molar-refractivity contribution is 9.09. The number of benzene rings is 1. The van der Waals surface area contributed by atoms with Crippen molar-refractivity contribution in [3.8, 4) is 0 Å². The highest BCUT2D eigenvalue weighted by atomic mass is 79.9. The number of carbonyl (C=O) groups excluding carboxylic acids is 3. The summed E-state index contributed by atoms with van der Waals surface area (Å²) in [6.07, 6.45) is 0.700. The van der Waals surface area contributed by atoms with Crippen molar-refractivity contribution in [2.75, 3.05) is 36.5 Å². The van der Waals surface area contributed by atoms with Gasteiger partial charge in [0.15, 0.2) is 0 Å². The van der Waals surface area contributed by atoms with Gasteiger partial charge in [-0.05, 0) is 56.9 Å². The molecule has 1 aromatic rings. The molecule has 4 rings (SSSR count).